The van der Waals surface area contributed by atoms with Crippen LogP contribution in [0.2, 0.25) is 0 Å². The Morgan fingerprint density at radius 1 is 1.11 bits per heavy atom. The van der Waals surface area contributed by atoms with E-state index < -0.39 is 23.4 Å². The highest BCUT2D eigenvalue weighted by Crippen LogP contribution is 2.32. The lowest BCUT2D eigenvalue weighted by molar-refractivity contribution is -0.137. The Kier molecular flexibility index (Phi) is 7.03. The number of halogens is 3. The van der Waals surface area contributed by atoms with Crippen LogP contribution in [0, 0.1) is 0 Å². The van der Waals surface area contributed by atoms with Gasteiger partial charge in [0.25, 0.3) is 5.91 Å². The largest absolute Gasteiger partial charge is 0.442 e. The zero-order chi connectivity index (χ0) is 27.0. The van der Waals surface area contributed by atoms with Gasteiger partial charge in [-0.3, -0.25) is 4.79 Å². The topological polar surface area (TPSA) is 76.5 Å². The van der Waals surface area contributed by atoms with Crippen LogP contribution in [-0.2, 0) is 24.0 Å². The van der Waals surface area contributed by atoms with Crippen LogP contribution in [0.15, 0.2) is 48.7 Å². The summed E-state index contributed by atoms with van der Waals surface area (Å²) in [6, 6.07) is 10.1. The molecule has 1 aromatic heterocycles. The summed E-state index contributed by atoms with van der Waals surface area (Å²) in [5.41, 5.74) is 2.25. The van der Waals surface area contributed by atoms with E-state index in [1.807, 2.05) is 24.0 Å². The molecule has 1 N–H and O–H groups in total. The molecule has 2 heterocycles. The minimum absolute atomic E-state index is 0.0200. The van der Waals surface area contributed by atoms with Crippen molar-refractivity contribution in [2.24, 2.45) is 0 Å². The van der Waals surface area contributed by atoms with Gasteiger partial charge < -0.3 is 15.0 Å². The highest BCUT2D eigenvalue weighted by molar-refractivity contribution is 5.98. The third kappa shape index (κ3) is 5.95. The molecular formula is C27H29F3N4O3. The summed E-state index contributed by atoms with van der Waals surface area (Å²) in [5, 5.41) is 7.62. The third-order valence-electron chi connectivity index (χ3n) is 5.82. The van der Waals surface area contributed by atoms with Crippen LogP contribution in [-0.4, -0.2) is 38.8 Å². The first-order chi connectivity index (χ1) is 17.4. The summed E-state index contributed by atoms with van der Waals surface area (Å²) in [6.45, 7) is 8.69. The lowest BCUT2D eigenvalue weighted by atomic mass is 10.1. The van der Waals surface area contributed by atoms with Gasteiger partial charge >= 0.3 is 12.3 Å². The van der Waals surface area contributed by atoms with E-state index in [0.29, 0.717) is 35.5 Å². The predicted molar refractivity (Wildman–Crippen MR) is 133 cm³/mol. The van der Waals surface area contributed by atoms with E-state index >= 15 is 0 Å². The van der Waals surface area contributed by atoms with Crippen molar-refractivity contribution < 1.29 is 27.5 Å². The van der Waals surface area contributed by atoms with Crippen molar-refractivity contribution in [3.05, 3.63) is 70.9 Å². The van der Waals surface area contributed by atoms with E-state index in [1.54, 1.807) is 26.8 Å². The van der Waals surface area contributed by atoms with Crippen LogP contribution in [0.3, 0.4) is 0 Å². The van der Waals surface area contributed by atoms with Crippen molar-refractivity contribution in [2.45, 2.75) is 59.0 Å². The second kappa shape index (κ2) is 9.91. The van der Waals surface area contributed by atoms with E-state index in [-0.39, 0.29) is 12.5 Å². The second-order valence-corrected chi connectivity index (χ2v) is 9.96. The summed E-state index contributed by atoms with van der Waals surface area (Å²) >= 11 is 0. The van der Waals surface area contributed by atoms with Gasteiger partial charge in [0.05, 0.1) is 11.3 Å². The van der Waals surface area contributed by atoms with Gasteiger partial charge in [0.2, 0.25) is 0 Å². The van der Waals surface area contributed by atoms with E-state index in [2.05, 4.69) is 10.4 Å². The third-order valence-corrected chi connectivity index (χ3v) is 5.82. The summed E-state index contributed by atoms with van der Waals surface area (Å²) in [6.07, 6.45) is -2.77. The van der Waals surface area contributed by atoms with Crippen LogP contribution in [0.5, 0.6) is 0 Å². The van der Waals surface area contributed by atoms with Crippen LogP contribution >= 0.6 is 0 Å². The summed E-state index contributed by atoms with van der Waals surface area (Å²) in [5.74, 6) is 0.0200. The Labute approximate surface area is 213 Å². The molecule has 0 fully saturated rings. The number of anilines is 1. The quantitative estimate of drug-likeness (QED) is 0.416. The number of ether oxygens (including phenoxy) is 1. The zero-order valence-corrected chi connectivity index (χ0v) is 21.1. The normalized spacial score (nSPS) is 13.6. The van der Waals surface area contributed by atoms with E-state index in [4.69, 9.17) is 4.74 Å². The molecule has 0 aliphatic carbocycles. The van der Waals surface area contributed by atoms with Gasteiger partial charge in [-0.2, -0.15) is 23.0 Å². The van der Waals surface area contributed by atoms with Crippen molar-refractivity contribution in [3.63, 3.8) is 0 Å². The highest BCUT2D eigenvalue weighted by atomic mass is 19.4. The molecule has 1 aliphatic rings. The van der Waals surface area contributed by atoms with Gasteiger partial charge in [0.15, 0.2) is 0 Å². The van der Waals surface area contributed by atoms with E-state index in [9.17, 15) is 22.8 Å². The number of aromatic nitrogens is 2. The molecule has 4 rings (SSSR count). The Morgan fingerprint density at radius 3 is 2.43 bits per heavy atom. The smallest absolute Gasteiger partial charge is 0.435 e. The summed E-state index contributed by atoms with van der Waals surface area (Å²) in [4.78, 5) is 27.0. The molecule has 0 saturated carbocycles. The average molecular weight is 515 g/mol. The molecule has 196 valence electrons. The van der Waals surface area contributed by atoms with Crippen molar-refractivity contribution >= 4 is 17.7 Å². The lowest BCUT2D eigenvalue weighted by Gasteiger charge is -2.18. The van der Waals surface area contributed by atoms with E-state index in [1.165, 1.54) is 18.3 Å². The number of fused-ring (bicyclic) bond motifs is 1. The van der Waals surface area contributed by atoms with Gasteiger partial charge in [-0.25, -0.2) is 4.79 Å². The molecule has 0 bridgehead atoms. The Balaban J connectivity index is 1.60. The molecular weight excluding hydrogens is 485 g/mol. The lowest BCUT2D eigenvalue weighted by Crippen LogP contribution is -2.27. The minimum Gasteiger partial charge on any atom is -0.442 e. The highest BCUT2D eigenvalue weighted by Gasteiger charge is 2.30. The fourth-order valence-electron chi connectivity index (χ4n) is 4.14. The molecule has 7 nitrogen and oxygen atoms in total. The van der Waals surface area contributed by atoms with Crippen LogP contribution in [0.25, 0.3) is 11.3 Å². The standard InChI is InChI=1S/C27H29F3N4O3/c1-5-12-33-15-18-13-21(10-11-22(18)24(33)35)31-14-19-16-34(25(36)37-26(2,3)4)32-23(19)17-6-8-20(9-7-17)27(28,29)30/h6-11,13,16,31H,5,12,14-15H2,1-4H3. The van der Waals surface area contributed by atoms with E-state index in [0.717, 1.165) is 34.5 Å². The SMILES string of the molecule is CCCN1Cc2cc(NCc3cn(C(=O)OC(C)(C)C)nc3-c3ccc(C(F)(F)F)cc3)ccc2C1=O. The molecule has 0 saturated heterocycles. The summed E-state index contributed by atoms with van der Waals surface area (Å²) < 4.78 is 45.6. The fraction of sp³-hybridized carbons (Fsp3) is 0.370. The minimum atomic E-state index is -4.46. The molecule has 0 radical (unpaired) electrons. The Hall–Kier alpha value is -3.82. The van der Waals surface area contributed by atoms with Gasteiger partial charge in [-0.1, -0.05) is 19.1 Å². The first-order valence-corrected chi connectivity index (χ1v) is 12.0. The van der Waals surface area contributed by atoms with Crippen molar-refractivity contribution in [1.29, 1.82) is 0 Å². The molecule has 0 unspecified atom stereocenters. The number of hydrogen-bond acceptors (Lipinski definition) is 5. The zero-order valence-electron chi connectivity index (χ0n) is 21.1. The van der Waals surface area contributed by atoms with Gasteiger partial charge in [0.1, 0.15) is 5.60 Å². The van der Waals surface area contributed by atoms with Crippen molar-refractivity contribution in [2.75, 3.05) is 11.9 Å². The van der Waals surface area contributed by atoms with Crippen molar-refractivity contribution in [3.8, 4) is 11.3 Å². The number of benzene rings is 2. The number of alkyl halides is 3. The van der Waals surface area contributed by atoms with Crippen LogP contribution < -0.4 is 5.32 Å². The number of hydrogen-bond donors (Lipinski definition) is 1. The van der Waals surface area contributed by atoms with Crippen molar-refractivity contribution in [1.82, 2.24) is 14.7 Å². The van der Waals surface area contributed by atoms with Gasteiger partial charge in [0, 0.05) is 48.2 Å². The summed E-state index contributed by atoms with van der Waals surface area (Å²) in [7, 11) is 0. The molecule has 37 heavy (non-hydrogen) atoms. The Bertz CT molecular complexity index is 1310. The molecule has 10 heteroatoms. The molecule has 1 aliphatic heterocycles. The number of carbonyl (C=O) groups is 2. The van der Waals surface area contributed by atoms with Gasteiger partial charge in [-0.05, 0) is 63.1 Å². The maximum atomic E-state index is 13.0. The number of rotatable bonds is 6. The predicted octanol–water partition coefficient (Wildman–Crippen LogP) is 6.33. The number of amides is 1. The number of nitrogens with zero attached hydrogens (tertiary/aromatic N) is 3. The molecule has 0 atom stereocenters. The monoisotopic (exact) mass is 514 g/mol. The Morgan fingerprint density at radius 2 is 1.81 bits per heavy atom. The molecule has 0 spiro atoms. The van der Waals surface area contributed by atoms with Crippen LogP contribution in [0.4, 0.5) is 23.7 Å². The molecule has 3 aromatic rings. The number of carbonyl (C=O) groups excluding carboxylic acids is 2. The van der Waals surface area contributed by atoms with Crippen LogP contribution in [0.1, 0.15) is 61.2 Å². The maximum Gasteiger partial charge on any atom is 0.435 e. The second-order valence-electron chi connectivity index (χ2n) is 9.96. The molecule has 2 aromatic carbocycles. The maximum absolute atomic E-state index is 13.0. The average Bonchev–Trinajstić information content (AvgIpc) is 3.38. The fourth-order valence-corrected chi connectivity index (χ4v) is 4.14. The van der Waals surface area contributed by atoms with Gasteiger partial charge in [-0.15, -0.1) is 0 Å². The first-order valence-electron chi connectivity index (χ1n) is 12.0. The molecule has 1 amide bonds. The first kappa shape index (κ1) is 26.2. The number of nitrogens with one attached hydrogen (secondary N) is 1.